The van der Waals surface area contributed by atoms with Crippen LogP contribution in [-0.4, -0.2) is 42.7 Å². The van der Waals surface area contributed by atoms with Gasteiger partial charge in [-0.05, 0) is 38.1 Å². The van der Waals surface area contributed by atoms with Crippen LogP contribution in [0.25, 0.3) is 0 Å². The van der Waals surface area contributed by atoms with Crippen LogP contribution in [0.3, 0.4) is 0 Å². The molecule has 1 aromatic rings. The van der Waals surface area contributed by atoms with Crippen LogP contribution in [0.1, 0.15) is 36.4 Å². The Morgan fingerprint density at radius 3 is 3.25 bits per heavy atom. The Hall–Kier alpha value is -1.07. The predicted octanol–water partition coefficient (Wildman–Crippen LogP) is 2.79. The van der Waals surface area contributed by atoms with Crippen LogP contribution in [0.5, 0.6) is 5.75 Å². The van der Waals surface area contributed by atoms with Crippen LogP contribution in [0.2, 0.25) is 0 Å². The first kappa shape index (κ1) is 13.9. The van der Waals surface area contributed by atoms with E-state index in [1.54, 1.807) is 0 Å². The van der Waals surface area contributed by atoms with E-state index >= 15 is 0 Å². The van der Waals surface area contributed by atoms with Crippen molar-refractivity contribution in [2.45, 2.75) is 38.9 Å². The van der Waals surface area contributed by atoms with Crippen LogP contribution < -0.4 is 4.74 Å². The minimum atomic E-state index is 0.112. The SMILES string of the molecule is CCOc1ccsc1C(=O)N1CC[C@@H]2O[C@@H](C)C[C@H]2C1. The summed E-state index contributed by atoms with van der Waals surface area (Å²) in [4.78, 5) is 15.3. The molecule has 0 bridgehead atoms. The number of piperidine rings is 1. The molecule has 2 saturated heterocycles. The van der Waals surface area contributed by atoms with Crippen LogP contribution >= 0.6 is 11.3 Å². The van der Waals surface area contributed by atoms with Gasteiger partial charge in [-0.15, -0.1) is 11.3 Å². The number of hydrogen-bond acceptors (Lipinski definition) is 4. The van der Waals surface area contributed by atoms with Crippen molar-refractivity contribution in [2.24, 2.45) is 5.92 Å². The topological polar surface area (TPSA) is 38.8 Å². The molecule has 3 heterocycles. The molecule has 1 amide bonds. The molecule has 0 unspecified atom stereocenters. The number of carbonyl (C=O) groups excluding carboxylic acids is 1. The van der Waals surface area contributed by atoms with Crippen molar-refractivity contribution in [3.8, 4) is 5.75 Å². The molecule has 0 aromatic carbocycles. The summed E-state index contributed by atoms with van der Waals surface area (Å²) < 4.78 is 11.4. The van der Waals surface area contributed by atoms with E-state index < -0.39 is 0 Å². The Balaban J connectivity index is 1.70. The number of carbonyl (C=O) groups is 1. The van der Waals surface area contributed by atoms with Crippen molar-refractivity contribution in [3.05, 3.63) is 16.3 Å². The van der Waals surface area contributed by atoms with E-state index in [4.69, 9.17) is 9.47 Å². The number of thiophene rings is 1. The van der Waals surface area contributed by atoms with Gasteiger partial charge in [-0.3, -0.25) is 4.79 Å². The minimum absolute atomic E-state index is 0.112. The standard InChI is InChI=1S/C15H21NO3S/c1-3-18-13-5-7-20-14(13)15(17)16-6-4-12-11(9-16)8-10(2)19-12/h5,7,10-12H,3-4,6,8-9H2,1-2H3/t10-,11-,12-/m0/s1. The fourth-order valence-electron chi connectivity index (χ4n) is 3.25. The molecule has 0 aliphatic carbocycles. The summed E-state index contributed by atoms with van der Waals surface area (Å²) in [6.45, 7) is 6.26. The van der Waals surface area contributed by atoms with E-state index in [9.17, 15) is 4.79 Å². The second kappa shape index (κ2) is 5.74. The Labute approximate surface area is 123 Å². The zero-order valence-corrected chi connectivity index (χ0v) is 12.8. The third-order valence-electron chi connectivity index (χ3n) is 4.12. The zero-order valence-electron chi connectivity index (χ0n) is 12.0. The van der Waals surface area contributed by atoms with Gasteiger partial charge >= 0.3 is 0 Å². The fourth-order valence-corrected chi connectivity index (χ4v) is 4.05. The van der Waals surface area contributed by atoms with E-state index in [-0.39, 0.29) is 5.91 Å². The highest BCUT2D eigenvalue weighted by Crippen LogP contribution is 2.34. The first-order chi connectivity index (χ1) is 9.69. The molecular formula is C15H21NO3S. The van der Waals surface area contributed by atoms with E-state index in [0.717, 1.165) is 36.6 Å². The van der Waals surface area contributed by atoms with Crippen LogP contribution in [0.15, 0.2) is 11.4 Å². The molecule has 3 rings (SSSR count). The summed E-state index contributed by atoms with van der Waals surface area (Å²) in [5, 5.41) is 1.92. The molecule has 0 radical (unpaired) electrons. The summed E-state index contributed by atoms with van der Waals surface area (Å²) in [6.07, 6.45) is 2.71. The largest absolute Gasteiger partial charge is 0.492 e. The lowest BCUT2D eigenvalue weighted by atomic mass is 9.93. The molecule has 4 nitrogen and oxygen atoms in total. The monoisotopic (exact) mass is 295 g/mol. The van der Waals surface area contributed by atoms with Crippen molar-refractivity contribution in [2.75, 3.05) is 19.7 Å². The molecule has 0 saturated carbocycles. The van der Waals surface area contributed by atoms with Crippen molar-refractivity contribution < 1.29 is 14.3 Å². The third kappa shape index (κ3) is 2.56. The number of rotatable bonds is 3. The number of hydrogen-bond donors (Lipinski definition) is 0. The molecule has 20 heavy (non-hydrogen) atoms. The smallest absolute Gasteiger partial charge is 0.267 e. The normalized spacial score (nSPS) is 29.3. The first-order valence-electron chi connectivity index (χ1n) is 7.34. The van der Waals surface area contributed by atoms with Gasteiger partial charge in [-0.25, -0.2) is 0 Å². The molecule has 2 aliphatic rings. The lowest BCUT2D eigenvalue weighted by molar-refractivity contribution is 0.00871. The van der Waals surface area contributed by atoms with E-state index in [1.807, 2.05) is 23.3 Å². The maximum absolute atomic E-state index is 12.6. The highest BCUT2D eigenvalue weighted by Gasteiger charge is 2.39. The fraction of sp³-hybridized carbons (Fsp3) is 0.667. The summed E-state index contributed by atoms with van der Waals surface area (Å²) in [7, 11) is 0. The molecule has 110 valence electrons. The Morgan fingerprint density at radius 2 is 2.45 bits per heavy atom. The van der Waals surface area contributed by atoms with Gasteiger partial charge in [0.1, 0.15) is 10.6 Å². The van der Waals surface area contributed by atoms with Gasteiger partial charge in [0.05, 0.1) is 18.8 Å². The van der Waals surface area contributed by atoms with Crippen LogP contribution in [-0.2, 0) is 4.74 Å². The first-order valence-corrected chi connectivity index (χ1v) is 8.22. The van der Waals surface area contributed by atoms with Crippen molar-refractivity contribution in [1.29, 1.82) is 0 Å². The van der Waals surface area contributed by atoms with Gasteiger partial charge in [0.25, 0.3) is 5.91 Å². The quantitative estimate of drug-likeness (QED) is 0.860. The average Bonchev–Trinajstić information content (AvgIpc) is 3.02. The van der Waals surface area contributed by atoms with Gasteiger partial charge in [0.15, 0.2) is 0 Å². The number of likely N-dealkylation sites (tertiary alicyclic amines) is 1. The second-order valence-electron chi connectivity index (χ2n) is 5.57. The lowest BCUT2D eigenvalue weighted by Gasteiger charge is -2.34. The van der Waals surface area contributed by atoms with Crippen molar-refractivity contribution >= 4 is 17.2 Å². The summed E-state index contributed by atoms with van der Waals surface area (Å²) in [6, 6.07) is 1.88. The molecule has 1 aromatic heterocycles. The predicted molar refractivity (Wildman–Crippen MR) is 78.5 cm³/mol. The Morgan fingerprint density at radius 1 is 1.60 bits per heavy atom. The molecule has 3 atom stereocenters. The van der Waals surface area contributed by atoms with Crippen molar-refractivity contribution in [1.82, 2.24) is 4.90 Å². The summed E-state index contributed by atoms with van der Waals surface area (Å²) in [5.41, 5.74) is 0. The number of nitrogens with zero attached hydrogens (tertiary/aromatic N) is 1. The van der Waals surface area contributed by atoms with E-state index in [0.29, 0.717) is 24.7 Å². The van der Waals surface area contributed by atoms with Crippen molar-refractivity contribution in [3.63, 3.8) is 0 Å². The van der Waals surface area contributed by atoms with Crippen LogP contribution in [0.4, 0.5) is 0 Å². The van der Waals surface area contributed by atoms with Gasteiger partial charge in [-0.2, -0.15) is 0 Å². The van der Waals surface area contributed by atoms with Gasteiger partial charge in [0.2, 0.25) is 0 Å². The zero-order chi connectivity index (χ0) is 14.1. The molecule has 2 aliphatic heterocycles. The van der Waals surface area contributed by atoms with Gasteiger partial charge in [-0.1, -0.05) is 0 Å². The van der Waals surface area contributed by atoms with Crippen LogP contribution in [0, 0.1) is 5.92 Å². The molecule has 0 N–H and O–H groups in total. The summed E-state index contributed by atoms with van der Waals surface area (Å²) in [5.74, 6) is 1.33. The Kier molecular flexibility index (Phi) is 3.98. The molecule has 5 heteroatoms. The summed E-state index contributed by atoms with van der Waals surface area (Å²) >= 11 is 1.47. The van der Waals surface area contributed by atoms with E-state index in [1.165, 1.54) is 11.3 Å². The second-order valence-corrected chi connectivity index (χ2v) is 6.48. The van der Waals surface area contributed by atoms with Gasteiger partial charge in [0, 0.05) is 19.0 Å². The number of fused-ring (bicyclic) bond motifs is 1. The molecular weight excluding hydrogens is 274 g/mol. The highest BCUT2D eigenvalue weighted by molar-refractivity contribution is 7.12. The minimum Gasteiger partial charge on any atom is -0.492 e. The maximum Gasteiger partial charge on any atom is 0.267 e. The highest BCUT2D eigenvalue weighted by atomic mass is 32.1. The third-order valence-corrected chi connectivity index (χ3v) is 5.00. The number of amides is 1. The lowest BCUT2D eigenvalue weighted by Crippen LogP contribution is -2.44. The van der Waals surface area contributed by atoms with Gasteiger partial charge < -0.3 is 14.4 Å². The Bertz CT molecular complexity index is 487. The average molecular weight is 295 g/mol. The number of ether oxygens (including phenoxy) is 2. The molecule has 2 fully saturated rings. The van der Waals surface area contributed by atoms with E-state index in [2.05, 4.69) is 6.92 Å². The maximum atomic E-state index is 12.6. The molecule has 0 spiro atoms.